The first-order valence-corrected chi connectivity index (χ1v) is 15.0. The van der Waals surface area contributed by atoms with Gasteiger partial charge in [-0.3, -0.25) is 4.79 Å². The number of nitrogens with zero attached hydrogens (tertiary/aromatic N) is 4. The van der Waals surface area contributed by atoms with Crippen LogP contribution in [0.15, 0.2) is 60.2 Å². The number of nitrogen functional groups attached to an aromatic ring is 1. The molecule has 9 heteroatoms. The minimum Gasteiger partial charge on any atom is -0.478 e. The van der Waals surface area contributed by atoms with Gasteiger partial charge in [0, 0.05) is 36.1 Å². The van der Waals surface area contributed by atoms with Crippen LogP contribution in [0.3, 0.4) is 0 Å². The molecule has 1 saturated carbocycles. The van der Waals surface area contributed by atoms with E-state index in [1.165, 1.54) is 18.4 Å². The summed E-state index contributed by atoms with van der Waals surface area (Å²) in [7, 11) is 3.94. The lowest BCUT2D eigenvalue weighted by molar-refractivity contribution is -0.132. The van der Waals surface area contributed by atoms with Crippen LogP contribution in [0.2, 0.25) is 0 Å². The van der Waals surface area contributed by atoms with E-state index in [-0.39, 0.29) is 11.5 Å². The number of aryl methyl sites for hydroxylation is 2. The summed E-state index contributed by atoms with van der Waals surface area (Å²) in [5.41, 5.74) is 12.7. The standard InChI is InChI=1S/C35H38N6O3/c1-20(33(43)44)17-21-13-16-25-28(18-21)41(5)34(38-25)35(2,3)39-32(42)23-14-15-24-27(19-23)40(4)31(26-11-8-12-29(36)37-26)30(24)22-9-6-7-10-22/h8,11-19,22H,6-7,9-10H2,1-5H3,(H2,36,37)(H,39,42)(H,43,44)/b20-17+. The average molecular weight is 591 g/mol. The summed E-state index contributed by atoms with van der Waals surface area (Å²) in [6.07, 6.45) is 6.33. The number of aromatic nitrogens is 4. The van der Waals surface area contributed by atoms with Crippen molar-refractivity contribution in [3.8, 4) is 11.4 Å². The number of pyridine rings is 1. The van der Waals surface area contributed by atoms with Gasteiger partial charge in [0.25, 0.3) is 5.91 Å². The van der Waals surface area contributed by atoms with E-state index >= 15 is 0 Å². The predicted octanol–water partition coefficient (Wildman–Crippen LogP) is 6.52. The summed E-state index contributed by atoms with van der Waals surface area (Å²) in [6, 6.07) is 17.3. The lowest BCUT2D eigenvalue weighted by atomic mass is 9.93. The molecule has 6 rings (SSSR count). The molecular formula is C35H38N6O3. The van der Waals surface area contributed by atoms with Gasteiger partial charge < -0.3 is 25.3 Å². The highest BCUT2D eigenvalue weighted by Gasteiger charge is 2.31. The van der Waals surface area contributed by atoms with E-state index in [9.17, 15) is 14.7 Å². The van der Waals surface area contributed by atoms with Crippen LogP contribution in [0.5, 0.6) is 0 Å². The third-order valence-electron chi connectivity index (χ3n) is 8.89. The molecule has 5 aromatic rings. The number of aliphatic carboxylic acids is 1. The zero-order valence-corrected chi connectivity index (χ0v) is 25.8. The van der Waals surface area contributed by atoms with Gasteiger partial charge in [-0.1, -0.05) is 31.0 Å². The summed E-state index contributed by atoms with van der Waals surface area (Å²) in [5.74, 6) is 0.461. The van der Waals surface area contributed by atoms with Gasteiger partial charge in [0.1, 0.15) is 11.6 Å². The van der Waals surface area contributed by atoms with Gasteiger partial charge >= 0.3 is 5.97 Å². The molecule has 0 saturated heterocycles. The van der Waals surface area contributed by atoms with Crippen molar-refractivity contribution in [1.29, 1.82) is 0 Å². The van der Waals surface area contributed by atoms with Crippen LogP contribution in [0.25, 0.3) is 39.4 Å². The molecule has 2 aromatic carbocycles. The first kappa shape index (κ1) is 29.2. The van der Waals surface area contributed by atoms with Gasteiger partial charge in [-0.2, -0.15) is 0 Å². The molecule has 44 heavy (non-hydrogen) atoms. The number of anilines is 1. The third kappa shape index (κ3) is 5.12. The second-order valence-electron chi connectivity index (χ2n) is 12.4. The number of hydrogen-bond acceptors (Lipinski definition) is 5. The molecule has 0 aliphatic heterocycles. The Bertz CT molecular complexity index is 1970. The zero-order chi connectivity index (χ0) is 31.3. The van der Waals surface area contributed by atoms with Crippen molar-refractivity contribution in [2.45, 2.75) is 57.9 Å². The van der Waals surface area contributed by atoms with Crippen molar-refractivity contribution in [3.63, 3.8) is 0 Å². The van der Waals surface area contributed by atoms with Gasteiger partial charge in [-0.05, 0) is 93.1 Å². The smallest absolute Gasteiger partial charge is 0.331 e. The van der Waals surface area contributed by atoms with E-state index in [0.29, 0.717) is 23.1 Å². The van der Waals surface area contributed by atoms with Gasteiger partial charge in [-0.15, -0.1) is 0 Å². The van der Waals surface area contributed by atoms with Gasteiger partial charge in [0.2, 0.25) is 0 Å². The van der Waals surface area contributed by atoms with Gasteiger partial charge in [0.15, 0.2) is 0 Å². The molecule has 3 heterocycles. The van der Waals surface area contributed by atoms with E-state index < -0.39 is 11.5 Å². The van der Waals surface area contributed by atoms with E-state index in [4.69, 9.17) is 10.7 Å². The molecule has 0 unspecified atom stereocenters. The maximum atomic E-state index is 13.8. The van der Waals surface area contributed by atoms with Crippen LogP contribution in [-0.2, 0) is 24.4 Å². The number of carbonyl (C=O) groups excluding carboxylic acids is 1. The van der Waals surface area contributed by atoms with Crippen LogP contribution in [0.4, 0.5) is 5.82 Å². The Morgan fingerprint density at radius 3 is 2.45 bits per heavy atom. The minimum atomic E-state index is -0.958. The van der Waals surface area contributed by atoms with Crippen LogP contribution in [0.1, 0.15) is 79.7 Å². The monoisotopic (exact) mass is 590 g/mol. The number of rotatable bonds is 7. The number of amides is 1. The second-order valence-corrected chi connectivity index (χ2v) is 12.4. The zero-order valence-electron chi connectivity index (χ0n) is 25.8. The molecule has 1 aliphatic carbocycles. The van der Waals surface area contributed by atoms with Crippen molar-refractivity contribution in [2.24, 2.45) is 14.1 Å². The van der Waals surface area contributed by atoms with Crippen molar-refractivity contribution in [2.75, 3.05) is 5.73 Å². The Balaban J connectivity index is 1.35. The summed E-state index contributed by atoms with van der Waals surface area (Å²) in [5, 5.41) is 13.6. The highest BCUT2D eigenvalue weighted by atomic mass is 16.4. The van der Waals surface area contributed by atoms with E-state index in [0.717, 1.165) is 51.7 Å². The van der Waals surface area contributed by atoms with Crippen molar-refractivity contribution in [1.82, 2.24) is 24.4 Å². The fraction of sp³-hybridized carbons (Fsp3) is 0.314. The van der Waals surface area contributed by atoms with Crippen molar-refractivity contribution < 1.29 is 14.7 Å². The number of benzene rings is 2. The maximum absolute atomic E-state index is 13.8. The largest absolute Gasteiger partial charge is 0.478 e. The maximum Gasteiger partial charge on any atom is 0.331 e. The molecule has 1 fully saturated rings. The molecule has 0 radical (unpaired) electrons. The number of nitrogens with one attached hydrogen (secondary N) is 1. The van der Waals surface area contributed by atoms with Gasteiger partial charge in [0.05, 0.1) is 28.0 Å². The van der Waals surface area contributed by atoms with E-state index in [1.807, 2.05) is 75.0 Å². The minimum absolute atomic E-state index is 0.197. The van der Waals surface area contributed by atoms with Crippen molar-refractivity contribution in [3.05, 3.63) is 82.7 Å². The molecule has 0 atom stereocenters. The fourth-order valence-corrected chi connectivity index (χ4v) is 6.71. The van der Waals surface area contributed by atoms with E-state index in [2.05, 4.69) is 20.9 Å². The van der Waals surface area contributed by atoms with Gasteiger partial charge in [-0.25, -0.2) is 14.8 Å². The number of hydrogen-bond donors (Lipinski definition) is 3. The Morgan fingerprint density at radius 1 is 1.00 bits per heavy atom. The first-order chi connectivity index (χ1) is 20.9. The molecule has 226 valence electrons. The predicted molar refractivity (Wildman–Crippen MR) is 174 cm³/mol. The Morgan fingerprint density at radius 2 is 1.75 bits per heavy atom. The summed E-state index contributed by atoms with van der Waals surface area (Å²) in [4.78, 5) is 34.6. The first-order valence-electron chi connectivity index (χ1n) is 15.0. The Labute approximate surface area is 256 Å². The molecular weight excluding hydrogens is 552 g/mol. The lowest BCUT2D eigenvalue weighted by Crippen LogP contribution is -2.42. The quantitative estimate of drug-likeness (QED) is 0.185. The number of carbonyl (C=O) groups is 2. The average Bonchev–Trinajstić information content (AvgIpc) is 3.70. The number of carboxylic acids is 1. The normalized spacial score (nSPS) is 14.5. The topological polar surface area (TPSA) is 128 Å². The highest BCUT2D eigenvalue weighted by Crippen LogP contribution is 2.44. The molecule has 4 N–H and O–H groups in total. The molecule has 3 aromatic heterocycles. The SMILES string of the molecule is C/C(=C\c1ccc2nc(C(C)(C)NC(=O)c3ccc4c(C5CCCC5)c(-c5cccc(N)n5)n(C)c4c3)n(C)c2c1)C(=O)O. The molecule has 1 aliphatic rings. The third-order valence-corrected chi connectivity index (χ3v) is 8.89. The van der Waals surface area contributed by atoms with E-state index in [1.54, 1.807) is 19.1 Å². The summed E-state index contributed by atoms with van der Waals surface area (Å²) in [6.45, 7) is 5.44. The van der Waals surface area contributed by atoms with Crippen LogP contribution in [-0.4, -0.2) is 36.1 Å². The number of carboxylic acid groups (broad SMARTS) is 1. The second kappa shape index (κ2) is 11.0. The summed E-state index contributed by atoms with van der Waals surface area (Å²) < 4.78 is 4.10. The molecule has 0 spiro atoms. The molecule has 0 bridgehead atoms. The van der Waals surface area contributed by atoms with Crippen molar-refractivity contribution >= 4 is 45.7 Å². The van der Waals surface area contributed by atoms with Crippen LogP contribution < -0.4 is 11.1 Å². The Kier molecular flexibility index (Phi) is 7.27. The number of nitrogens with two attached hydrogens (primary N) is 1. The van der Waals surface area contributed by atoms with Crippen LogP contribution in [0, 0.1) is 0 Å². The molecule has 1 amide bonds. The highest BCUT2D eigenvalue weighted by molar-refractivity contribution is 6.01. The number of imidazole rings is 1. The summed E-state index contributed by atoms with van der Waals surface area (Å²) >= 11 is 0. The fourth-order valence-electron chi connectivity index (χ4n) is 6.71. The lowest BCUT2D eigenvalue weighted by Gasteiger charge is -2.26. The number of fused-ring (bicyclic) bond motifs is 2. The van der Waals surface area contributed by atoms with Crippen LogP contribution >= 0.6 is 0 Å². The Hall–Kier alpha value is -4.92. The molecule has 9 nitrogen and oxygen atoms in total.